The van der Waals surface area contributed by atoms with Crippen LogP contribution in [0.5, 0.6) is 0 Å². The molecule has 0 spiro atoms. The third-order valence-corrected chi connectivity index (χ3v) is 9.30. The molecule has 0 bridgehead atoms. The van der Waals surface area contributed by atoms with Crippen molar-refractivity contribution >= 4 is 38.9 Å². The Balaban J connectivity index is 1.60. The first-order valence-electron chi connectivity index (χ1n) is 9.64. The second kappa shape index (κ2) is 8.78. The number of thiophene rings is 1. The minimum Gasteiger partial charge on any atom is -0.338 e. The Morgan fingerprint density at radius 1 is 1.22 bits per heavy atom. The van der Waals surface area contributed by atoms with Crippen LogP contribution in [0, 0.1) is 0 Å². The maximum atomic E-state index is 13.0. The smallest absolute Gasteiger partial charge is 0.252 e. The van der Waals surface area contributed by atoms with Gasteiger partial charge in [0.15, 0.2) is 0 Å². The van der Waals surface area contributed by atoms with Crippen molar-refractivity contribution in [2.45, 2.75) is 55.8 Å². The Bertz CT molecular complexity index is 760. The van der Waals surface area contributed by atoms with E-state index in [0.29, 0.717) is 36.6 Å². The lowest BCUT2D eigenvalue weighted by atomic mass is 9.99. The first-order valence-corrected chi connectivity index (χ1v) is 12.3. The molecular formula is C18H28ClN3O3S2. The van der Waals surface area contributed by atoms with E-state index in [1.165, 1.54) is 10.7 Å². The van der Waals surface area contributed by atoms with Crippen LogP contribution in [0.15, 0.2) is 16.3 Å². The molecule has 6 nitrogen and oxygen atoms in total. The van der Waals surface area contributed by atoms with Gasteiger partial charge in [-0.25, -0.2) is 8.42 Å². The van der Waals surface area contributed by atoms with Gasteiger partial charge in [-0.15, -0.1) is 11.3 Å². The lowest BCUT2D eigenvalue weighted by Crippen LogP contribution is -2.57. The largest absolute Gasteiger partial charge is 0.338 e. The van der Waals surface area contributed by atoms with Gasteiger partial charge in [-0.2, -0.15) is 4.31 Å². The summed E-state index contributed by atoms with van der Waals surface area (Å²) in [6.07, 6.45) is 4.35. The fourth-order valence-corrected chi connectivity index (χ4v) is 7.07. The molecule has 2 saturated heterocycles. The van der Waals surface area contributed by atoms with Crippen molar-refractivity contribution in [1.29, 1.82) is 0 Å². The number of nitrogens with zero attached hydrogens (tertiary/aromatic N) is 3. The van der Waals surface area contributed by atoms with Crippen molar-refractivity contribution in [2.24, 2.45) is 0 Å². The molecule has 1 aromatic rings. The van der Waals surface area contributed by atoms with Crippen LogP contribution in [0.1, 0.15) is 39.5 Å². The molecule has 2 aliphatic rings. The van der Waals surface area contributed by atoms with Gasteiger partial charge in [-0.3, -0.25) is 9.69 Å². The highest BCUT2D eigenvalue weighted by Crippen LogP contribution is 2.29. The number of piperidine rings is 1. The molecule has 27 heavy (non-hydrogen) atoms. The van der Waals surface area contributed by atoms with Crippen molar-refractivity contribution < 1.29 is 13.2 Å². The highest BCUT2D eigenvalue weighted by Gasteiger charge is 2.35. The van der Waals surface area contributed by atoms with E-state index in [1.54, 1.807) is 12.1 Å². The second-order valence-electron chi connectivity index (χ2n) is 7.26. The fourth-order valence-electron chi connectivity index (χ4n) is 4.01. The molecule has 1 aromatic heterocycles. The minimum atomic E-state index is -3.50. The molecule has 2 atom stereocenters. The zero-order chi connectivity index (χ0) is 19.6. The average molecular weight is 434 g/mol. The zero-order valence-electron chi connectivity index (χ0n) is 15.9. The van der Waals surface area contributed by atoms with E-state index in [9.17, 15) is 13.2 Å². The van der Waals surface area contributed by atoms with Crippen LogP contribution >= 0.6 is 22.9 Å². The number of piperazine rings is 1. The third-order valence-electron chi connectivity index (χ3n) is 5.70. The lowest BCUT2D eigenvalue weighted by Gasteiger charge is -2.41. The van der Waals surface area contributed by atoms with Gasteiger partial charge in [0, 0.05) is 38.8 Å². The van der Waals surface area contributed by atoms with Crippen LogP contribution in [0.2, 0.25) is 4.34 Å². The Morgan fingerprint density at radius 3 is 2.52 bits per heavy atom. The van der Waals surface area contributed by atoms with Gasteiger partial charge in [0.1, 0.15) is 4.21 Å². The quantitative estimate of drug-likeness (QED) is 0.716. The van der Waals surface area contributed by atoms with Gasteiger partial charge in [-0.05, 0) is 44.7 Å². The van der Waals surface area contributed by atoms with Gasteiger partial charge < -0.3 is 4.90 Å². The molecule has 2 fully saturated rings. The summed E-state index contributed by atoms with van der Waals surface area (Å²) in [4.78, 5) is 17.2. The van der Waals surface area contributed by atoms with E-state index in [0.717, 1.165) is 37.1 Å². The van der Waals surface area contributed by atoms with E-state index in [2.05, 4.69) is 11.8 Å². The Hall–Kier alpha value is -0.670. The first kappa shape index (κ1) is 21.0. The highest BCUT2D eigenvalue weighted by atomic mass is 35.5. The van der Waals surface area contributed by atoms with E-state index in [4.69, 9.17) is 11.6 Å². The summed E-state index contributed by atoms with van der Waals surface area (Å²) in [6, 6.07) is 3.30. The van der Waals surface area contributed by atoms with Gasteiger partial charge in [0.25, 0.3) is 10.0 Å². The molecule has 2 unspecified atom stereocenters. The topological polar surface area (TPSA) is 60.9 Å². The van der Waals surface area contributed by atoms with E-state index in [-0.39, 0.29) is 16.2 Å². The Labute approximate surface area is 171 Å². The summed E-state index contributed by atoms with van der Waals surface area (Å²) in [5.74, 6) is 0.183. The first-order chi connectivity index (χ1) is 12.8. The number of halogens is 1. The van der Waals surface area contributed by atoms with Gasteiger partial charge in [-0.1, -0.05) is 18.5 Å². The summed E-state index contributed by atoms with van der Waals surface area (Å²) < 4.78 is 27.7. The van der Waals surface area contributed by atoms with E-state index in [1.807, 2.05) is 11.8 Å². The SMILES string of the molecule is CCC1CCCCN1C(=O)C(C)N1CCN(S(=O)(=O)c2ccc(Cl)s2)CC1. The maximum absolute atomic E-state index is 13.0. The average Bonchev–Trinajstić information content (AvgIpc) is 3.14. The molecule has 0 saturated carbocycles. The monoisotopic (exact) mass is 433 g/mol. The molecule has 9 heteroatoms. The number of hydrogen-bond donors (Lipinski definition) is 0. The number of carbonyl (C=O) groups excluding carboxylic acids is 1. The fraction of sp³-hybridized carbons (Fsp3) is 0.722. The Morgan fingerprint density at radius 2 is 1.93 bits per heavy atom. The van der Waals surface area contributed by atoms with Crippen molar-refractivity contribution in [3.63, 3.8) is 0 Å². The normalized spacial score (nSPS) is 24.1. The molecule has 1 amide bonds. The number of amides is 1. The van der Waals surface area contributed by atoms with Crippen LogP contribution in [-0.2, 0) is 14.8 Å². The van der Waals surface area contributed by atoms with Crippen molar-refractivity contribution in [1.82, 2.24) is 14.1 Å². The molecule has 3 rings (SSSR count). The molecule has 152 valence electrons. The summed E-state index contributed by atoms with van der Waals surface area (Å²) in [7, 11) is -3.50. The standard InChI is InChI=1S/C18H28ClN3O3S2/c1-3-15-6-4-5-9-22(15)18(23)14(2)20-10-12-21(13-11-20)27(24,25)17-8-7-16(19)26-17/h7-8,14-15H,3-6,9-13H2,1-2H3. The maximum Gasteiger partial charge on any atom is 0.252 e. The summed E-state index contributed by atoms with van der Waals surface area (Å²) >= 11 is 6.97. The summed E-state index contributed by atoms with van der Waals surface area (Å²) in [6.45, 7) is 6.86. The van der Waals surface area contributed by atoms with Gasteiger partial charge >= 0.3 is 0 Å². The molecule has 0 radical (unpaired) electrons. The number of hydrogen-bond acceptors (Lipinski definition) is 5. The number of carbonyl (C=O) groups is 1. The van der Waals surface area contributed by atoms with Crippen LogP contribution < -0.4 is 0 Å². The second-order valence-corrected chi connectivity index (χ2v) is 11.1. The van der Waals surface area contributed by atoms with Crippen LogP contribution in [0.4, 0.5) is 0 Å². The van der Waals surface area contributed by atoms with E-state index >= 15 is 0 Å². The number of likely N-dealkylation sites (tertiary alicyclic amines) is 1. The molecule has 2 aliphatic heterocycles. The zero-order valence-corrected chi connectivity index (χ0v) is 18.3. The Kier molecular flexibility index (Phi) is 6.84. The number of sulfonamides is 1. The van der Waals surface area contributed by atoms with Crippen molar-refractivity contribution in [3.05, 3.63) is 16.5 Å². The summed E-state index contributed by atoms with van der Waals surface area (Å²) in [5.41, 5.74) is 0. The van der Waals surface area contributed by atoms with Gasteiger partial charge in [0.05, 0.1) is 10.4 Å². The molecule has 3 heterocycles. The van der Waals surface area contributed by atoms with Crippen LogP contribution in [0.3, 0.4) is 0 Å². The number of rotatable bonds is 5. The van der Waals surface area contributed by atoms with Crippen molar-refractivity contribution in [3.8, 4) is 0 Å². The van der Waals surface area contributed by atoms with Crippen molar-refractivity contribution in [2.75, 3.05) is 32.7 Å². The predicted octanol–water partition coefficient (Wildman–Crippen LogP) is 2.89. The van der Waals surface area contributed by atoms with Gasteiger partial charge in [0.2, 0.25) is 5.91 Å². The lowest BCUT2D eigenvalue weighted by molar-refractivity contribution is -0.140. The third kappa shape index (κ3) is 4.50. The highest BCUT2D eigenvalue weighted by molar-refractivity contribution is 7.91. The predicted molar refractivity (Wildman–Crippen MR) is 109 cm³/mol. The molecule has 0 N–H and O–H groups in total. The molecular weight excluding hydrogens is 406 g/mol. The van der Waals surface area contributed by atoms with Crippen LogP contribution in [0.25, 0.3) is 0 Å². The molecule has 0 aliphatic carbocycles. The van der Waals surface area contributed by atoms with Crippen LogP contribution in [-0.4, -0.2) is 73.2 Å². The van der Waals surface area contributed by atoms with E-state index < -0.39 is 10.0 Å². The molecule has 0 aromatic carbocycles. The summed E-state index contributed by atoms with van der Waals surface area (Å²) in [5, 5.41) is 0. The minimum absolute atomic E-state index is 0.183.